The maximum atomic E-state index is 5.76. The molecule has 5 rings (SSSR count). The molecule has 0 amide bonds. The predicted octanol–water partition coefficient (Wildman–Crippen LogP) is 3.55. The van der Waals surface area contributed by atoms with Gasteiger partial charge in [0.25, 0.3) is 0 Å². The van der Waals surface area contributed by atoms with Crippen LogP contribution < -0.4 is 4.74 Å². The Morgan fingerprint density at radius 2 is 2.14 bits per heavy atom. The average Bonchev–Trinajstić information content (AvgIpc) is 3.49. The van der Waals surface area contributed by atoms with E-state index >= 15 is 0 Å². The molecule has 2 N–H and O–H groups in total. The van der Waals surface area contributed by atoms with Gasteiger partial charge in [-0.15, -0.1) is 0 Å². The second-order valence-corrected chi connectivity index (χ2v) is 6.90. The Labute approximate surface area is 162 Å². The third kappa shape index (κ3) is 2.90. The van der Waals surface area contributed by atoms with Crippen molar-refractivity contribution >= 4 is 0 Å². The minimum atomic E-state index is -0.0105. The molecular formula is C21H21N5O2. The van der Waals surface area contributed by atoms with Crippen LogP contribution in [0.25, 0.3) is 11.3 Å². The Morgan fingerprint density at radius 1 is 1.25 bits per heavy atom. The molecule has 0 unspecified atom stereocenters. The summed E-state index contributed by atoms with van der Waals surface area (Å²) in [5.41, 5.74) is 5.46. The van der Waals surface area contributed by atoms with E-state index in [0.717, 1.165) is 53.5 Å². The molecule has 0 radical (unpaired) electrons. The van der Waals surface area contributed by atoms with Gasteiger partial charge >= 0.3 is 0 Å². The maximum absolute atomic E-state index is 5.76. The molecule has 0 spiro atoms. The van der Waals surface area contributed by atoms with Gasteiger partial charge in [-0.05, 0) is 36.4 Å². The van der Waals surface area contributed by atoms with Crippen LogP contribution in [-0.2, 0) is 13.0 Å². The first kappa shape index (κ1) is 16.8. The molecule has 4 aromatic rings. The molecule has 1 atom stereocenters. The number of imidazole rings is 1. The topological polar surface area (TPSA) is 83.0 Å². The van der Waals surface area contributed by atoms with Gasteiger partial charge in [-0.2, -0.15) is 5.10 Å². The molecular weight excluding hydrogens is 354 g/mol. The van der Waals surface area contributed by atoms with Crippen molar-refractivity contribution in [3.8, 4) is 17.0 Å². The van der Waals surface area contributed by atoms with E-state index < -0.39 is 0 Å². The molecule has 4 heterocycles. The summed E-state index contributed by atoms with van der Waals surface area (Å²) in [5.74, 6) is 1.74. The number of fused-ring (bicyclic) bond motifs is 1. The van der Waals surface area contributed by atoms with E-state index in [4.69, 9.17) is 9.15 Å². The largest absolute Gasteiger partial charge is 0.497 e. The van der Waals surface area contributed by atoms with Crippen LogP contribution in [0.2, 0.25) is 0 Å². The predicted molar refractivity (Wildman–Crippen MR) is 104 cm³/mol. The molecule has 7 nitrogen and oxygen atoms in total. The van der Waals surface area contributed by atoms with Crippen LogP contribution >= 0.6 is 0 Å². The first-order valence-corrected chi connectivity index (χ1v) is 9.29. The first-order valence-electron chi connectivity index (χ1n) is 9.29. The lowest BCUT2D eigenvalue weighted by Crippen LogP contribution is -2.35. The highest BCUT2D eigenvalue weighted by Crippen LogP contribution is 2.35. The summed E-state index contributed by atoms with van der Waals surface area (Å²) in [6.45, 7) is 1.66. The Morgan fingerprint density at radius 3 is 2.93 bits per heavy atom. The first-order chi connectivity index (χ1) is 13.8. The SMILES string of the molecule is COc1ccc(-c2[nH]ncc2CN2CCc3[nH]cnc3[C@@H]2c2ccco2)cc1. The number of hydrogen-bond acceptors (Lipinski definition) is 5. The van der Waals surface area contributed by atoms with Crippen molar-refractivity contribution in [3.05, 3.63) is 77.9 Å². The number of furan rings is 1. The van der Waals surface area contributed by atoms with Crippen LogP contribution in [0.15, 0.2) is 59.6 Å². The second-order valence-electron chi connectivity index (χ2n) is 6.90. The van der Waals surface area contributed by atoms with Gasteiger partial charge in [-0.1, -0.05) is 0 Å². The van der Waals surface area contributed by atoms with Crippen molar-refractivity contribution < 1.29 is 9.15 Å². The number of aromatic amines is 2. The lowest BCUT2D eigenvalue weighted by molar-refractivity contribution is 0.179. The monoisotopic (exact) mass is 375 g/mol. The quantitative estimate of drug-likeness (QED) is 0.557. The van der Waals surface area contributed by atoms with Crippen LogP contribution in [0, 0.1) is 0 Å². The van der Waals surface area contributed by atoms with E-state index in [9.17, 15) is 0 Å². The van der Waals surface area contributed by atoms with Gasteiger partial charge in [0.15, 0.2) is 0 Å². The number of methoxy groups -OCH3 is 1. The van der Waals surface area contributed by atoms with Gasteiger partial charge < -0.3 is 14.1 Å². The highest BCUT2D eigenvalue weighted by Gasteiger charge is 2.33. The molecule has 1 aliphatic heterocycles. The molecule has 3 aromatic heterocycles. The lowest BCUT2D eigenvalue weighted by Gasteiger charge is -2.33. The number of nitrogens with zero attached hydrogens (tertiary/aromatic N) is 3. The van der Waals surface area contributed by atoms with Crippen molar-refractivity contribution in [3.63, 3.8) is 0 Å². The minimum absolute atomic E-state index is 0.0105. The van der Waals surface area contributed by atoms with E-state index in [1.54, 1.807) is 19.7 Å². The molecule has 1 aromatic carbocycles. The van der Waals surface area contributed by atoms with E-state index in [2.05, 4.69) is 25.1 Å². The summed E-state index contributed by atoms with van der Waals surface area (Å²) in [5, 5.41) is 7.45. The molecule has 0 saturated carbocycles. The Kier molecular flexibility index (Phi) is 4.21. The van der Waals surface area contributed by atoms with E-state index in [-0.39, 0.29) is 6.04 Å². The van der Waals surface area contributed by atoms with E-state index in [1.807, 2.05) is 42.6 Å². The third-order valence-corrected chi connectivity index (χ3v) is 5.31. The van der Waals surface area contributed by atoms with Crippen molar-refractivity contribution in [1.82, 2.24) is 25.1 Å². The summed E-state index contributed by atoms with van der Waals surface area (Å²) in [6, 6.07) is 11.9. The van der Waals surface area contributed by atoms with Crippen molar-refractivity contribution in [2.24, 2.45) is 0 Å². The zero-order valence-corrected chi connectivity index (χ0v) is 15.6. The fourth-order valence-corrected chi connectivity index (χ4v) is 3.91. The Balaban J connectivity index is 1.47. The molecule has 142 valence electrons. The number of ether oxygens (including phenoxy) is 1. The standard InChI is InChI=1S/C21H21N5O2/c1-27-16-6-4-14(5-7-16)19-15(11-24-25-19)12-26-9-8-17-20(23-13-22-17)21(26)18-3-2-10-28-18/h2-7,10-11,13,21H,8-9,12H2,1H3,(H,22,23)(H,24,25)/t21-/m0/s1. The molecule has 7 heteroatoms. The minimum Gasteiger partial charge on any atom is -0.497 e. The molecule has 0 bridgehead atoms. The molecule has 0 fully saturated rings. The van der Waals surface area contributed by atoms with E-state index in [0.29, 0.717) is 0 Å². The summed E-state index contributed by atoms with van der Waals surface area (Å²) >= 11 is 0. The van der Waals surface area contributed by atoms with Crippen LogP contribution in [0.4, 0.5) is 0 Å². The van der Waals surface area contributed by atoms with Crippen molar-refractivity contribution in [2.75, 3.05) is 13.7 Å². The Hall–Kier alpha value is -3.32. The molecule has 28 heavy (non-hydrogen) atoms. The fraction of sp³-hybridized carbons (Fsp3) is 0.238. The number of H-pyrrole nitrogens is 2. The molecule has 0 aliphatic carbocycles. The van der Waals surface area contributed by atoms with Gasteiger partial charge in [-0.25, -0.2) is 4.98 Å². The smallest absolute Gasteiger partial charge is 0.127 e. The van der Waals surface area contributed by atoms with Gasteiger partial charge in [0.2, 0.25) is 0 Å². The number of hydrogen-bond donors (Lipinski definition) is 2. The van der Waals surface area contributed by atoms with Gasteiger partial charge in [0.1, 0.15) is 17.6 Å². The highest BCUT2D eigenvalue weighted by atomic mass is 16.5. The number of rotatable bonds is 5. The number of nitrogens with one attached hydrogen (secondary N) is 2. The van der Waals surface area contributed by atoms with Crippen molar-refractivity contribution in [2.45, 2.75) is 19.0 Å². The van der Waals surface area contributed by atoms with E-state index in [1.165, 1.54) is 5.69 Å². The highest BCUT2D eigenvalue weighted by molar-refractivity contribution is 5.63. The fourth-order valence-electron chi connectivity index (χ4n) is 3.91. The summed E-state index contributed by atoms with van der Waals surface area (Å²) in [6.07, 6.45) is 6.32. The summed E-state index contributed by atoms with van der Waals surface area (Å²) in [4.78, 5) is 10.2. The molecule has 0 saturated heterocycles. The van der Waals surface area contributed by atoms with Crippen LogP contribution in [-0.4, -0.2) is 38.7 Å². The van der Waals surface area contributed by atoms with Gasteiger partial charge in [-0.3, -0.25) is 10.00 Å². The second kappa shape index (κ2) is 7.01. The summed E-state index contributed by atoms with van der Waals surface area (Å²) in [7, 11) is 1.67. The third-order valence-electron chi connectivity index (χ3n) is 5.31. The Bertz CT molecular complexity index is 1050. The zero-order valence-electron chi connectivity index (χ0n) is 15.6. The van der Waals surface area contributed by atoms with Gasteiger partial charge in [0.05, 0.1) is 37.3 Å². The average molecular weight is 375 g/mol. The van der Waals surface area contributed by atoms with Crippen LogP contribution in [0.5, 0.6) is 5.75 Å². The molecule has 1 aliphatic rings. The number of aromatic nitrogens is 4. The number of benzene rings is 1. The van der Waals surface area contributed by atoms with Crippen LogP contribution in [0.1, 0.15) is 28.8 Å². The lowest BCUT2D eigenvalue weighted by atomic mass is 9.99. The van der Waals surface area contributed by atoms with Crippen molar-refractivity contribution in [1.29, 1.82) is 0 Å². The van der Waals surface area contributed by atoms with Gasteiger partial charge in [0, 0.05) is 36.3 Å². The summed E-state index contributed by atoms with van der Waals surface area (Å²) < 4.78 is 11.0. The normalized spacial score (nSPS) is 16.8. The van der Waals surface area contributed by atoms with Crippen LogP contribution in [0.3, 0.4) is 0 Å². The zero-order chi connectivity index (χ0) is 18.9. The maximum Gasteiger partial charge on any atom is 0.127 e.